The largest absolute Gasteiger partial charge is 0.478 e. The van der Waals surface area contributed by atoms with E-state index in [1.165, 1.54) is 0 Å². The Balaban J connectivity index is 3.00. The standard InChI is InChI=1S/C11H13NO2/c1-8(2)10(11(13)14)6-9-4-3-5-12-7-9/h3-8H,1-2H3,(H,13,14). The number of carboxylic acid groups (broad SMARTS) is 1. The Labute approximate surface area is 83.1 Å². The molecule has 1 rings (SSSR count). The van der Waals surface area contributed by atoms with Crippen molar-refractivity contribution in [2.45, 2.75) is 13.8 Å². The summed E-state index contributed by atoms with van der Waals surface area (Å²) >= 11 is 0. The molecule has 0 radical (unpaired) electrons. The molecule has 0 aromatic carbocycles. The molecule has 0 atom stereocenters. The summed E-state index contributed by atoms with van der Waals surface area (Å²) in [5.41, 5.74) is 1.22. The van der Waals surface area contributed by atoms with E-state index in [0.29, 0.717) is 5.57 Å². The fourth-order valence-corrected chi connectivity index (χ4v) is 1.12. The van der Waals surface area contributed by atoms with Gasteiger partial charge in [0.1, 0.15) is 0 Å². The van der Waals surface area contributed by atoms with Crippen molar-refractivity contribution in [3.05, 3.63) is 35.7 Å². The van der Waals surface area contributed by atoms with E-state index in [2.05, 4.69) is 4.98 Å². The average Bonchev–Trinajstić information content (AvgIpc) is 2.15. The minimum Gasteiger partial charge on any atom is -0.478 e. The maximum absolute atomic E-state index is 10.9. The first-order valence-corrected chi connectivity index (χ1v) is 4.46. The molecule has 0 saturated heterocycles. The number of carbonyl (C=O) groups is 1. The summed E-state index contributed by atoms with van der Waals surface area (Å²) in [5.74, 6) is -0.864. The molecule has 74 valence electrons. The summed E-state index contributed by atoms with van der Waals surface area (Å²) in [6.07, 6.45) is 4.96. The van der Waals surface area contributed by atoms with Gasteiger partial charge in [0.05, 0.1) is 0 Å². The summed E-state index contributed by atoms with van der Waals surface area (Å²) in [6, 6.07) is 3.62. The van der Waals surface area contributed by atoms with Gasteiger partial charge >= 0.3 is 5.97 Å². The van der Waals surface area contributed by atoms with Crippen molar-refractivity contribution < 1.29 is 9.90 Å². The molecule has 0 fully saturated rings. The Kier molecular flexibility index (Phi) is 3.40. The number of pyridine rings is 1. The van der Waals surface area contributed by atoms with Crippen LogP contribution in [0.4, 0.5) is 0 Å². The second-order valence-corrected chi connectivity index (χ2v) is 3.35. The highest BCUT2D eigenvalue weighted by atomic mass is 16.4. The molecule has 0 amide bonds. The first kappa shape index (κ1) is 10.4. The molecular weight excluding hydrogens is 178 g/mol. The monoisotopic (exact) mass is 191 g/mol. The van der Waals surface area contributed by atoms with E-state index in [0.717, 1.165) is 5.56 Å². The smallest absolute Gasteiger partial charge is 0.331 e. The van der Waals surface area contributed by atoms with Crippen molar-refractivity contribution >= 4 is 12.0 Å². The Hall–Kier alpha value is -1.64. The molecule has 0 spiro atoms. The van der Waals surface area contributed by atoms with Crippen LogP contribution < -0.4 is 0 Å². The number of nitrogens with zero attached hydrogens (tertiary/aromatic N) is 1. The van der Waals surface area contributed by atoms with E-state index >= 15 is 0 Å². The van der Waals surface area contributed by atoms with Gasteiger partial charge in [0.15, 0.2) is 0 Å². The Morgan fingerprint density at radius 3 is 2.71 bits per heavy atom. The van der Waals surface area contributed by atoms with Crippen molar-refractivity contribution in [3.8, 4) is 0 Å². The van der Waals surface area contributed by atoms with Crippen LogP contribution in [-0.4, -0.2) is 16.1 Å². The van der Waals surface area contributed by atoms with E-state index in [1.54, 1.807) is 24.5 Å². The lowest BCUT2D eigenvalue weighted by Crippen LogP contribution is -2.06. The third-order valence-corrected chi connectivity index (χ3v) is 1.88. The second kappa shape index (κ2) is 4.56. The molecule has 0 bridgehead atoms. The van der Waals surface area contributed by atoms with Gasteiger partial charge in [-0.25, -0.2) is 4.79 Å². The van der Waals surface area contributed by atoms with Crippen LogP contribution in [0, 0.1) is 5.92 Å². The third-order valence-electron chi connectivity index (χ3n) is 1.88. The first-order chi connectivity index (χ1) is 6.61. The van der Waals surface area contributed by atoms with Crippen LogP contribution in [0.3, 0.4) is 0 Å². The normalized spacial score (nSPS) is 11.8. The van der Waals surface area contributed by atoms with Gasteiger partial charge in [-0.2, -0.15) is 0 Å². The SMILES string of the molecule is CC(C)C(=Cc1cccnc1)C(=O)O. The Bertz CT molecular complexity index is 342. The van der Waals surface area contributed by atoms with Gasteiger partial charge in [-0.3, -0.25) is 4.98 Å². The molecule has 3 heteroatoms. The lowest BCUT2D eigenvalue weighted by Gasteiger charge is -2.05. The van der Waals surface area contributed by atoms with E-state index in [1.807, 2.05) is 19.9 Å². The van der Waals surface area contributed by atoms with Crippen LogP contribution in [0.25, 0.3) is 6.08 Å². The van der Waals surface area contributed by atoms with Gasteiger partial charge in [-0.1, -0.05) is 19.9 Å². The molecule has 14 heavy (non-hydrogen) atoms. The van der Waals surface area contributed by atoms with Gasteiger partial charge in [0, 0.05) is 18.0 Å². The van der Waals surface area contributed by atoms with Crippen molar-refractivity contribution in [1.29, 1.82) is 0 Å². The number of carboxylic acids is 1. The summed E-state index contributed by atoms with van der Waals surface area (Å²) in [4.78, 5) is 14.8. The second-order valence-electron chi connectivity index (χ2n) is 3.35. The molecule has 1 heterocycles. The third kappa shape index (κ3) is 2.69. The number of hydrogen-bond donors (Lipinski definition) is 1. The summed E-state index contributed by atoms with van der Waals surface area (Å²) < 4.78 is 0. The fraction of sp³-hybridized carbons (Fsp3) is 0.273. The van der Waals surface area contributed by atoms with Crippen LogP contribution in [0.2, 0.25) is 0 Å². The van der Waals surface area contributed by atoms with Crippen LogP contribution >= 0.6 is 0 Å². The molecule has 0 aliphatic carbocycles. The van der Waals surface area contributed by atoms with Crippen LogP contribution in [0.1, 0.15) is 19.4 Å². The molecule has 0 unspecified atom stereocenters. The highest BCUT2D eigenvalue weighted by Crippen LogP contribution is 2.14. The lowest BCUT2D eigenvalue weighted by atomic mass is 10.0. The Morgan fingerprint density at radius 2 is 2.29 bits per heavy atom. The van der Waals surface area contributed by atoms with E-state index in [-0.39, 0.29) is 5.92 Å². The minimum atomic E-state index is -0.871. The maximum Gasteiger partial charge on any atom is 0.331 e. The summed E-state index contributed by atoms with van der Waals surface area (Å²) in [7, 11) is 0. The number of aliphatic carboxylic acids is 1. The lowest BCUT2D eigenvalue weighted by molar-refractivity contribution is -0.133. The van der Waals surface area contributed by atoms with Gasteiger partial charge in [0.25, 0.3) is 0 Å². The van der Waals surface area contributed by atoms with Gasteiger partial charge in [-0.05, 0) is 23.6 Å². The van der Waals surface area contributed by atoms with Crippen LogP contribution in [-0.2, 0) is 4.79 Å². The first-order valence-electron chi connectivity index (χ1n) is 4.46. The van der Waals surface area contributed by atoms with E-state index < -0.39 is 5.97 Å². The number of rotatable bonds is 3. The molecule has 1 aromatic heterocycles. The topological polar surface area (TPSA) is 50.2 Å². The Morgan fingerprint density at radius 1 is 1.57 bits per heavy atom. The highest BCUT2D eigenvalue weighted by molar-refractivity contribution is 5.92. The predicted octanol–water partition coefficient (Wildman–Crippen LogP) is 2.21. The molecule has 1 aromatic rings. The van der Waals surface area contributed by atoms with Crippen LogP contribution in [0.15, 0.2) is 30.1 Å². The zero-order valence-corrected chi connectivity index (χ0v) is 8.27. The molecular formula is C11H13NO2. The number of hydrogen-bond acceptors (Lipinski definition) is 2. The maximum atomic E-state index is 10.9. The van der Waals surface area contributed by atoms with Crippen LogP contribution in [0.5, 0.6) is 0 Å². The quantitative estimate of drug-likeness (QED) is 0.745. The molecule has 0 aliphatic rings. The molecule has 1 N–H and O–H groups in total. The van der Waals surface area contributed by atoms with Crippen molar-refractivity contribution in [3.63, 3.8) is 0 Å². The van der Waals surface area contributed by atoms with Crippen molar-refractivity contribution in [1.82, 2.24) is 4.98 Å². The van der Waals surface area contributed by atoms with E-state index in [9.17, 15) is 4.79 Å². The fourth-order valence-electron chi connectivity index (χ4n) is 1.12. The minimum absolute atomic E-state index is 0.00714. The number of aromatic nitrogens is 1. The zero-order valence-electron chi connectivity index (χ0n) is 8.27. The van der Waals surface area contributed by atoms with Gasteiger partial charge in [-0.15, -0.1) is 0 Å². The van der Waals surface area contributed by atoms with E-state index in [4.69, 9.17) is 5.11 Å². The summed E-state index contributed by atoms with van der Waals surface area (Å²) in [5, 5.41) is 8.92. The molecule has 3 nitrogen and oxygen atoms in total. The van der Waals surface area contributed by atoms with Gasteiger partial charge in [0.2, 0.25) is 0 Å². The zero-order chi connectivity index (χ0) is 10.6. The van der Waals surface area contributed by atoms with Crippen molar-refractivity contribution in [2.75, 3.05) is 0 Å². The molecule has 0 aliphatic heterocycles. The average molecular weight is 191 g/mol. The predicted molar refractivity (Wildman–Crippen MR) is 54.7 cm³/mol. The van der Waals surface area contributed by atoms with Gasteiger partial charge < -0.3 is 5.11 Å². The highest BCUT2D eigenvalue weighted by Gasteiger charge is 2.11. The van der Waals surface area contributed by atoms with Crippen molar-refractivity contribution in [2.24, 2.45) is 5.92 Å². The summed E-state index contributed by atoms with van der Waals surface area (Å²) in [6.45, 7) is 3.71. The molecule has 0 saturated carbocycles.